The summed E-state index contributed by atoms with van der Waals surface area (Å²) in [6, 6.07) is 5.02. The van der Waals surface area contributed by atoms with E-state index >= 15 is 0 Å². The summed E-state index contributed by atoms with van der Waals surface area (Å²) in [4.78, 5) is 15.1. The van der Waals surface area contributed by atoms with Gasteiger partial charge in [-0.3, -0.25) is 4.74 Å². The second-order valence-electron chi connectivity index (χ2n) is 7.38. The van der Waals surface area contributed by atoms with Crippen molar-refractivity contribution >= 4 is 17.3 Å². The Kier molecular flexibility index (Phi) is 6.08. The molecule has 1 unspecified atom stereocenters. The van der Waals surface area contributed by atoms with Crippen molar-refractivity contribution in [2.24, 2.45) is 5.41 Å². The second kappa shape index (κ2) is 7.75. The van der Waals surface area contributed by atoms with E-state index in [4.69, 9.17) is 0 Å². The molecular weight excluding hydrogens is 349 g/mol. The van der Waals surface area contributed by atoms with Gasteiger partial charge in [-0.2, -0.15) is 0 Å². The van der Waals surface area contributed by atoms with Crippen molar-refractivity contribution in [2.75, 3.05) is 6.61 Å². The number of halogens is 3. The summed E-state index contributed by atoms with van der Waals surface area (Å²) in [5.41, 5.74) is 1.67. The van der Waals surface area contributed by atoms with Gasteiger partial charge in [0.1, 0.15) is 12.1 Å². The number of aromatic nitrogens is 2. The lowest BCUT2D eigenvalue weighted by Crippen LogP contribution is -2.20. The lowest BCUT2D eigenvalue weighted by atomic mass is 9.92. The third-order valence-electron chi connectivity index (χ3n) is 3.82. The van der Waals surface area contributed by atoms with E-state index in [-0.39, 0.29) is 18.4 Å². The van der Waals surface area contributed by atoms with E-state index in [1.54, 1.807) is 22.8 Å². The Bertz CT molecular complexity index is 763. The molecule has 1 aromatic carbocycles. The predicted octanol–water partition coefficient (Wildman–Crippen LogP) is 3.78. The third-order valence-corrected chi connectivity index (χ3v) is 3.82. The van der Waals surface area contributed by atoms with Crippen LogP contribution in [-0.4, -0.2) is 33.9 Å². The maximum Gasteiger partial charge on any atom is 0.522 e. The van der Waals surface area contributed by atoms with Crippen LogP contribution in [0.15, 0.2) is 18.2 Å². The number of aliphatic hydroxyl groups is 1. The minimum atomic E-state index is -4.67. The van der Waals surface area contributed by atoms with Crippen LogP contribution in [0.2, 0.25) is 0 Å². The molecule has 0 aliphatic carbocycles. The molecule has 26 heavy (non-hydrogen) atoms. The van der Waals surface area contributed by atoms with Crippen LogP contribution >= 0.6 is 0 Å². The summed E-state index contributed by atoms with van der Waals surface area (Å²) in [5.74, 6) is 0.653. The van der Waals surface area contributed by atoms with Crippen LogP contribution in [-0.2, 0) is 22.5 Å². The first kappa shape index (κ1) is 20.4. The van der Waals surface area contributed by atoms with E-state index < -0.39 is 19.1 Å². The zero-order chi connectivity index (χ0) is 19.5. The van der Waals surface area contributed by atoms with Crippen LogP contribution in [0.1, 0.15) is 44.7 Å². The largest absolute Gasteiger partial charge is 0.522 e. The number of rotatable bonds is 7. The molecule has 1 aromatic heterocycles. The fourth-order valence-electron chi connectivity index (χ4n) is 2.74. The first-order chi connectivity index (χ1) is 12.0. The van der Waals surface area contributed by atoms with Gasteiger partial charge in [-0.05, 0) is 23.1 Å². The Morgan fingerprint density at radius 1 is 1.31 bits per heavy atom. The molecule has 0 saturated heterocycles. The highest BCUT2D eigenvalue weighted by atomic mass is 19.4. The third kappa shape index (κ3) is 5.54. The zero-order valence-electron chi connectivity index (χ0n) is 15.0. The number of nitrogens with zero attached hydrogens (tertiary/aromatic N) is 2. The molecule has 0 bridgehead atoms. The number of alkyl halides is 3. The van der Waals surface area contributed by atoms with Crippen LogP contribution in [0.4, 0.5) is 13.2 Å². The van der Waals surface area contributed by atoms with E-state index in [1.807, 2.05) is 20.8 Å². The predicted molar refractivity (Wildman–Crippen MR) is 90.5 cm³/mol. The summed E-state index contributed by atoms with van der Waals surface area (Å²) in [7, 11) is 0. The minimum absolute atomic E-state index is 0.0116. The SMILES string of the molecule is CC(C)(C)Cc1nc2cc(C(O)CC=O)ccc2n1CCOC(F)(F)F. The fourth-order valence-corrected chi connectivity index (χ4v) is 2.74. The molecule has 8 heteroatoms. The molecular formula is C18H23F3N2O3. The molecule has 0 aliphatic rings. The lowest BCUT2D eigenvalue weighted by molar-refractivity contribution is -0.325. The lowest BCUT2D eigenvalue weighted by Gasteiger charge is -2.19. The summed E-state index contributed by atoms with van der Waals surface area (Å²) in [5, 5.41) is 9.96. The number of hydrogen-bond donors (Lipinski definition) is 1. The monoisotopic (exact) mass is 372 g/mol. The Labute approximate surface area is 149 Å². The Morgan fingerprint density at radius 2 is 2.00 bits per heavy atom. The van der Waals surface area contributed by atoms with Crippen LogP contribution < -0.4 is 0 Å². The van der Waals surface area contributed by atoms with Crippen LogP contribution in [0, 0.1) is 5.41 Å². The average molecular weight is 372 g/mol. The topological polar surface area (TPSA) is 64.4 Å². The van der Waals surface area contributed by atoms with Gasteiger partial charge in [0.05, 0.1) is 23.7 Å². The normalized spacial score (nSPS) is 14.0. The van der Waals surface area contributed by atoms with Gasteiger partial charge in [0.2, 0.25) is 0 Å². The van der Waals surface area contributed by atoms with Crippen LogP contribution in [0.5, 0.6) is 0 Å². The second-order valence-corrected chi connectivity index (χ2v) is 7.38. The molecule has 2 rings (SSSR count). The van der Waals surface area contributed by atoms with Crippen molar-refractivity contribution in [3.8, 4) is 0 Å². The molecule has 0 radical (unpaired) electrons. The van der Waals surface area contributed by atoms with Crippen LogP contribution in [0.25, 0.3) is 11.0 Å². The summed E-state index contributed by atoms with van der Waals surface area (Å²) < 4.78 is 42.5. The summed E-state index contributed by atoms with van der Waals surface area (Å²) >= 11 is 0. The van der Waals surface area contributed by atoms with E-state index in [1.165, 1.54) is 0 Å². The van der Waals surface area contributed by atoms with Gasteiger partial charge in [0.15, 0.2) is 0 Å². The van der Waals surface area contributed by atoms with Crippen molar-refractivity contribution in [1.29, 1.82) is 0 Å². The zero-order valence-corrected chi connectivity index (χ0v) is 15.0. The highest BCUT2D eigenvalue weighted by molar-refractivity contribution is 5.77. The summed E-state index contributed by atoms with van der Waals surface area (Å²) in [6.45, 7) is 5.55. The average Bonchev–Trinajstić information content (AvgIpc) is 2.81. The molecule has 0 amide bonds. The number of carbonyl (C=O) groups is 1. The molecule has 0 fully saturated rings. The van der Waals surface area contributed by atoms with Crippen molar-refractivity contribution in [3.63, 3.8) is 0 Å². The number of carbonyl (C=O) groups excluding carboxylic acids is 1. The Hall–Kier alpha value is -1.93. The molecule has 0 spiro atoms. The van der Waals surface area contributed by atoms with Crippen molar-refractivity contribution in [1.82, 2.24) is 9.55 Å². The molecule has 144 valence electrons. The quantitative estimate of drug-likeness (QED) is 0.751. The molecule has 0 aliphatic heterocycles. The van der Waals surface area contributed by atoms with Gasteiger partial charge in [-0.1, -0.05) is 26.8 Å². The van der Waals surface area contributed by atoms with E-state index in [0.29, 0.717) is 35.1 Å². The summed E-state index contributed by atoms with van der Waals surface area (Å²) in [6.07, 6.45) is -4.43. The first-order valence-electron chi connectivity index (χ1n) is 8.31. The van der Waals surface area contributed by atoms with E-state index in [0.717, 1.165) is 0 Å². The van der Waals surface area contributed by atoms with Gasteiger partial charge >= 0.3 is 6.36 Å². The highest BCUT2D eigenvalue weighted by Gasteiger charge is 2.29. The first-order valence-corrected chi connectivity index (χ1v) is 8.31. The van der Waals surface area contributed by atoms with Crippen molar-refractivity contribution in [3.05, 3.63) is 29.6 Å². The van der Waals surface area contributed by atoms with Gasteiger partial charge in [0.25, 0.3) is 0 Å². The number of aldehydes is 1. The van der Waals surface area contributed by atoms with Gasteiger partial charge in [0, 0.05) is 19.4 Å². The number of benzene rings is 1. The van der Waals surface area contributed by atoms with E-state index in [9.17, 15) is 23.1 Å². The van der Waals surface area contributed by atoms with E-state index in [2.05, 4.69) is 9.72 Å². The molecule has 2 aromatic rings. The smallest absolute Gasteiger partial charge is 0.388 e. The number of imidazole rings is 1. The standard InChI is InChI=1S/C18H23F3N2O3/c1-17(2,3)11-16-22-13-10-12(15(25)6-8-24)4-5-14(13)23(16)7-9-26-18(19,20)21/h4-5,8,10,15,25H,6-7,9,11H2,1-3H3. The Morgan fingerprint density at radius 3 is 2.58 bits per heavy atom. The van der Waals surface area contributed by atoms with Gasteiger partial charge in [-0.15, -0.1) is 13.2 Å². The van der Waals surface area contributed by atoms with Crippen molar-refractivity contribution < 1.29 is 27.8 Å². The number of aliphatic hydroxyl groups excluding tert-OH is 1. The maximum absolute atomic E-state index is 12.3. The number of hydrogen-bond acceptors (Lipinski definition) is 4. The van der Waals surface area contributed by atoms with Crippen LogP contribution in [0.3, 0.4) is 0 Å². The number of fused-ring (bicyclic) bond motifs is 1. The molecule has 0 saturated carbocycles. The van der Waals surface area contributed by atoms with Gasteiger partial charge < -0.3 is 14.5 Å². The fraction of sp³-hybridized carbons (Fsp3) is 0.556. The maximum atomic E-state index is 12.3. The highest BCUT2D eigenvalue weighted by Crippen LogP contribution is 2.27. The molecule has 1 atom stereocenters. The van der Waals surface area contributed by atoms with Gasteiger partial charge in [-0.25, -0.2) is 4.98 Å². The molecule has 1 heterocycles. The molecule has 5 nitrogen and oxygen atoms in total. The van der Waals surface area contributed by atoms with Crippen molar-refractivity contribution in [2.45, 2.75) is 52.6 Å². The molecule has 1 N–H and O–H groups in total. The number of ether oxygens (including phenoxy) is 1. The minimum Gasteiger partial charge on any atom is -0.388 e. The Balaban J connectivity index is 2.38.